The van der Waals surface area contributed by atoms with Crippen LogP contribution >= 0.6 is 11.8 Å². The Hall–Kier alpha value is -2.05. The van der Waals surface area contributed by atoms with Gasteiger partial charge in [-0.1, -0.05) is 30.3 Å². The number of halogens is 1. The molecule has 0 aliphatic carbocycles. The van der Waals surface area contributed by atoms with E-state index in [1.165, 1.54) is 17.8 Å². The van der Waals surface area contributed by atoms with Gasteiger partial charge in [0.05, 0.1) is 5.69 Å². The first-order chi connectivity index (χ1) is 13.2. The number of likely N-dealkylation sites (tertiary alicyclic amines) is 1. The van der Waals surface area contributed by atoms with Gasteiger partial charge in [-0.05, 0) is 55.5 Å². The molecule has 0 saturated carbocycles. The number of piperidine rings is 1. The first-order valence-corrected chi connectivity index (χ1v) is 10.4. The van der Waals surface area contributed by atoms with Crippen molar-refractivity contribution >= 4 is 23.5 Å². The number of amides is 2. The van der Waals surface area contributed by atoms with E-state index in [-0.39, 0.29) is 11.8 Å². The highest BCUT2D eigenvalue weighted by atomic mass is 32.2. The third-order valence-electron chi connectivity index (χ3n) is 4.85. The third-order valence-corrected chi connectivity index (χ3v) is 5.97. The Labute approximate surface area is 164 Å². The van der Waals surface area contributed by atoms with Crippen LogP contribution in [0, 0.1) is 11.7 Å². The van der Waals surface area contributed by atoms with E-state index < -0.39 is 0 Å². The highest BCUT2D eigenvalue weighted by molar-refractivity contribution is 7.98. The minimum Gasteiger partial charge on any atom is -0.330 e. The number of rotatable bonds is 6. The summed E-state index contributed by atoms with van der Waals surface area (Å²) in [5.41, 5.74) is 7.09. The molecular formula is C21H26FN3OS. The lowest BCUT2D eigenvalue weighted by Gasteiger charge is -2.32. The van der Waals surface area contributed by atoms with Crippen molar-refractivity contribution in [2.24, 2.45) is 11.7 Å². The molecule has 1 aliphatic rings. The highest BCUT2D eigenvalue weighted by Gasteiger charge is 2.23. The molecule has 1 atom stereocenters. The van der Waals surface area contributed by atoms with Crippen molar-refractivity contribution in [3.63, 3.8) is 0 Å². The maximum atomic E-state index is 13.8. The molecular weight excluding hydrogens is 361 g/mol. The Kier molecular flexibility index (Phi) is 7.12. The van der Waals surface area contributed by atoms with Crippen molar-refractivity contribution in [2.45, 2.75) is 29.9 Å². The van der Waals surface area contributed by atoms with Gasteiger partial charge in [0.1, 0.15) is 5.82 Å². The van der Waals surface area contributed by atoms with Gasteiger partial charge in [0, 0.05) is 23.7 Å². The summed E-state index contributed by atoms with van der Waals surface area (Å²) in [6, 6.07) is 14.4. The standard InChI is InChI=1S/C21H26FN3OS/c22-18-8-2-1-7-17(18)15-27-20-10-4-3-9-19(20)24-21(26)25-13-5-6-16(14-25)11-12-23/h1-4,7-10,16H,5-6,11-15,23H2,(H,24,26)/t16-/m0/s1. The number of carbonyl (C=O) groups excluding carboxylic acids is 1. The average molecular weight is 388 g/mol. The molecule has 144 valence electrons. The largest absolute Gasteiger partial charge is 0.330 e. The monoisotopic (exact) mass is 387 g/mol. The molecule has 3 rings (SSSR count). The van der Waals surface area contributed by atoms with E-state index in [1.54, 1.807) is 12.1 Å². The zero-order chi connectivity index (χ0) is 19.1. The Morgan fingerprint density at radius 3 is 2.81 bits per heavy atom. The van der Waals surface area contributed by atoms with Crippen molar-refractivity contribution in [3.8, 4) is 0 Å². The van der Waals surface area contributed by atoms with Crippen molar-refractivity contribution < 1.29 is 9.18 Å². The number of benzene rings is 2. The van der Waals surface area contributed by atoms with Gasteiger partial charge in [0.2, 0.25) is 0 Å². The molecule has 0 bridgehead atoms. The van der Waals surface area contributed by atoms with Crippen molar-refractivity contribution in [2.75, 3.05) is 25.0 Å². The molecule has 1 fully saturated rings. The molecule has 1 aliphatic heterocycles. The van der Waals surface area contributed by atoms with Crippen LogP contribution < -0.4 is 11.1 Å². The number of para-hydroxylation sites is 1. The molecule has 6 heteroatoms. The van der Waals surface area contributed by atoms with Gasteiger partial charge in [-0.2, -0.15) is 0 Å². The summed E-state index contributed by atoms with van der Waals surface area (Å²) < 4.78 is 13.8. The molecule has 3 N–H and O–H groups in total. The zero-order valence-electron chi connectivity index (χ0n) is 15.4. The zero-order valence-corrected chi connectivity index (χ0v) is 16.2. The number of nitrogens with zero attached hydrogens (tertiary/aromatic N) is 1. The highest BCUT2D eigenvalue weighted by Crippen LogP contribution is 2.31. The number of anilines is 1. The van der Waals surface area contributed by atoms with Crippen LogP contribution in [-0.4, -0.2) is 30.6 Å². The van der Waals surface area contributed by atoms with E-state index in [4.69, 9.17) is 5.73 Å². The molecule has 2 aromatic carbocycles. The van der Waals surface area contributed by atoms with Crippen LogP contribution in [-0.2, 0) is 5.75 Å². The first kappa shape index (κ1) is 19.7. The minimum absolute atomic E-state index is 0.0735. The Morgan fingerprint density at radius 2 is 2.00 bits per heavy atom. The van der Waals surface area contributed by atoms with Crippen LogP contribution in [0.3, 0.4) is 0 Å². The van der Waals surface area contributed by atoms with Gasteiger partial charge in [0.15, 0.2) is 0 Å². The Balaban J connectivity index is 1.63. The molecule has 1 heterocycles. The van der Waals surface area contributed by atoms with Crippen molar-refractivity contribution in [3.05, 3.63) is 59.9 Å². The molecule has 2 aromatic rings. The predicted molar refractivity (Wildman–Crippen MR) is 109 cm³/mol. The molecule has 0 aromatic heterocycles. The lowest BCUT2D eigenvalue weighted by molar-refractivity contribution is 0.175. The van der Waals surface area contributed by atoms with E-state index in [9.17, 15) is 9.18 Å². The topological polar surface area (TPSA) is 58.4 Å². The SMILES string of the molecule is NCC[C@@H]1CCCN(C(=O)Nc2ccccc2SCc2ccccc2F)C1. The van der Waals surface area contributed by atoms with E-state index in [2.05, 4.69) is 5.32 Å². The molecule has 2 amide bonds. The second-order valence-electron chi connectivity index (χ2n) is 6.84. The predicted octanol–water partition coefficient (Wildman–Crippen LogP) is 4.71. The van der Waals surface area contributed by atoms with Gasteiger partial charge in [-0.3, -0.25) is 0 Å². The van der Waals surface area contributed by atoms with Gasteiger partial charge in [-0.25, -0.2) is 9.18 Å². The quantitative estimate of drug-likeness (QED) is 0.706. The summed E-state index contributed by atoms with van der Waals surface area (Å²) in [5.74, 6) is 0.799. The maximum absolute atomic E-state index is 13.8. The van der Waals surface area contributed by atoms with Gasteiger partial charge in [-0.15, -0.1) is 11.8 Å². The van der Waals surface area contributed by atoms with Crippen LogP contribution in [0.2, 0.25) is 0 Å². The molecule has 0 unspecified atom stereocenters. The van der Waals surface area contributed by atoms with Crippen molar-refractivity contribution in [1.29, 1.82) is 0 Å². The van der Waals surface area contributed by atoms with Crippen LogP contribution in [0.25, 0.3) is 0 Å². The van der Waals surface area contributed by atoms with Gasteiger partial charge in [0.25, 0.3) is 0 Å². The fourth-order valence-electron chi connectivity index (χ4n) is 3.38. The summed E-state index contributed by atoms with van der Waals surface area (Å²) in [4.78, 5) is 15.5. The van der Waals surface area contributed by atoms with E-state index in [0.29, 0.717) is 23.8 Å². The number of hydrogen-bond donors (Lipinski definition) is 2. The fraction of sp³-hybridized carbons (Fsp3) is 0.381. The molecule has 4 nitrogen and oxygen atoms in total. The van der Waals surface area contributed by atoms with E-state index in [1.807, 2.05) is 35.2 Å². The van der Waals surface area contributed by atoms with E-state index >= 15 is 0 Å². The number of nitrogens with one attached hydrogen (secondary N) is 1. The van der Waals surface area contributed by atoms with Crippen molar-refractivity contribution in [1.82, 2.24) is 4.90 Å². The minimum atomic E-state index is -0.203. The van der Waals surface area contributed by atoms with E-state index in [0.717, 1.165) is 42.9 Å². The number of hydrogen-bond acceptors (Lipinski definition) is 3. The second-order valence-corrected chi connectivity index (χ2v) is 7.86. The normalized spacial score (nSPS) is 17.0. The third kappa shape index (κ3) is 5.47. The lowest BCUT2D eigenvalue weighted by Crippen LogP contribution is -2.42. The summed E-state index contributed by atoms with van der Waals surface area (Å²) in [7, 11) is 0. The van der Waals surface area contributed by atoms with Crippen LogP contribution in [0.4, 0.5) is 14.9 Å². The summed E-state index contributed by atoms with van der Waals surface area (Å²) in [6.45, 7) is 2.20. The first-order valence-electron chi connectivity index (χ1n) is 9.38. The molecule has 0 spiro atoms. The van der Waals surface area contributed by atoms with Crippen LogP contribution in [0.1, 0.15) is 24.8 Å². The summed E-state index contributed by atoms with van der Waals surface area (Å²) >= 11 is 1.52. The Morgan fingerprint density at radius 1 is 1.22 bits per heavy atom. The summed E-state index contributed by atoms with van der Waals surface area (Å²) in [5, 5.41) is 3.03. The van der Waals surface area contributed by atoms with Gasteiger partial charge >= 0.3 is 6.03 Å². The second kappa shape index (κ2) is 9.76. The molecule has 27 heavy (non-hydrogen) atoms. The molecule has 0 radical (unpaired) electrons. The fourth-order valence-corrected chi connectivity index (χ4v) is 4.38. The van der Waals surface area contributed by atoms with Gasteiger partial charge < -0.3 is 16.0 Å². The average Bonchev–Trinajstić information content (AvgIpc) is 2.69. The molecule has 1 saturated heterocycles. The number of carbonyl (C=O) groups is 1. The maximum Gasteiger partial charge on any atom is 0.321 e. The Bertz CT molecular complexity index is 769. The smallest absolute Gasteiger partial charge is 0.321 e. The number of urea groups is 1. The number of thioether (sulfide) groups is 1. The number of nitrogens with two attached hydrogens (primary N) is 1. The lowest BCUT2D eigenvalue weighted by atomic mass is 9.95. The summed E-state index contributed by atoms with van der Waals surface area (Å²) in [6.07, 6.45) is 3.11. The van der Waals surface area contributed by atoms with Crippen LogP contribution in [0.5, 0.6) is 0 Å². The van der Waals surface area contributed by atoms with Crippen LogP contribution in [0.15, 0.2) is 53.4 Å².